The van der Waals surface area contributed by atoms with Crippen molar-refractivity contribution in [1.29, 1.82) is 0 Å². The van der Waals surface area contributed by atoms with E-state index in [9.17, 15) is 22.8 Å². The summed E-state index contributed by atoms with van der Waals surface area (Å²) in [5, 5.41) is 3.36. The van der Waals surface area contributed by atoms with Crippen molar-refractivity contribution in [3.63, 3.8) is 0 Å². The summed E-state index contributed by atoms with van der Waals surface area (Å²) in [4.78, 5) is 36.3. The van der Waals surface area contributed by atoms with Crippen LogP contribution in [0.5, 0.6) is 11.5 Å². The first-order chi connectivity index (χ1) is 19.7. The number of likely N-dealkylation sites (N-methyl/N-ethyl adjacent to an activating group) is 1. The third kappa shape index (κ3) is 4.86. The molecule has 3 aromatic heterocycles. The second kappa shape index (κ2) is 10.1. The largest absolute Gasteiger partial charge is 0.457 e. The monoisotopic (exact) mass is 557 g/mol. The molecular weight excluding hydrogens is 535 g/mol. The minimum atomic E-state index is -4.62. The van der Waals surface area contributed by atoms with Crippen molar-refractivity contribution in [2.75, 3.05) is 11.9 Å². The predicted molar refractivity (Wildman–Crippen MR) is 145 cm³/mol. The van der Waals surface area contributed by atoms with Crippen LogP contribution in [0.4, 0.5) is 18.9 Å². The van der Waals surface area contributed by atoms with Crippen LogP contribution in [0.3, 0.4) is 0 Å². The number of ether oxygens (including phenoxy) is 1. The van der Waals surface area contributed by atoms with Gasteiger partial charge >= 0.3 is 6.18 Å². The Morgan fingerprint density at radius 2 is 1.78 bits per heavy atom. The zero-order chi connectivity index (χ0) is 28.7. The molecule has 41 heavy (non-hydrogen) atoms. The Balaban J connectivity index is 1.34. The molecule has 0 saturated carbocycles. The smallest absolute Gasteiger partial charge is 0.419 e. The fourth-order valence-electron chi connectivity index (χ4n) is 5.00. The number of alkyl halides is 3. The van der Waals surface area contributed by atoms with E-state index in [1.807, 2.05) is 18.2 Å². The van der Waals surface area contributed by atoms with Crippen molar-refractivity contribution in [2.24, 2.45) is 0 Å². The molecule has 11 heteroatoms. The number of para-hydroxylation sites is 1. The number of hydrogen-bond acceptors (Lipinski definition) is 5. The van der Waals surface area contributed by atoms with Crippen molar-refractivity contribution in [2.45, 2.75) is 18.6 Å². The Labute approximate surface area is 232 Å². The van der Waals surface area contributed by atoms with Crippen molar-refractivity contribution in [1.82, 2.24) is 19.9 Å². The first-order valence-corrected chi connectivity index (χ1v) is 12.6. The Morgan fingerprint density at radius 1 is 0.976 bits per heavy atom. The second-order valence-corrected chi connectivity index (χ2v) is 9.49. The van der Waals surface area contributed by atoms with E-state index in [1.54, 1.807) is 49.6 Å². The summed E-state index contributed by atoms with van der Waals surface area (Å²) >= 11 is 0. The van der Waals surface area contributed by atoms with E-state index in [4.69, 9.17) is 4.74 Å². The van der Waals surface area contributed by atoms with Gasteiger partial charge in [-0.15, -0.1) is 0 Å². The molecule has 4 heterocycles. The number of halogens is 3. The molecule has 1 N–H and O–H groups in total. The quantitative estimate of drug-likeness (QED) is 0.306. The topological polar surface area (TPSA) is 89.4 Å². The van der Waals surface area contributed by atoms with Gasteiger partial charge in [-0.1, -0.05) is 24.3 Å². The molecule has 6 rings (SSSR count). The molecule has 2 amide bonds. The number of amides is 2. The maximum atomic E-state index is 13.8. The van der Waals surface area contributed by atoms with Crippen LogP contribution >= 0.6 is 0 Å². The summed E-state index contributed by atoms with van der Waals surface area (Å²) in [5.74, 6) is -0.274. The van der Waals surface area contributed by atoms with Crippen LogP contribution in [-0.4, -0.2) is 39.4 Å². The fourth-order valence-corrected chi connectivity index (χ4v) is 5.00. The van der Waals surface area contributed by atoms with E-state index in [1.165, 1.54) is 34.0 Å². The lowest BCUT2D eigenvalue weighted by Crippen LogP contribution is -2.48. The van der Waals surface area contributed by atoms with E-state index >= 15 is 0 Å². The Bertz CT molecular complexity index is 1790. The SMILES string of the molecule is CN1C(=O)C(NC(=O)c2cc(Oc3ccccc3)ccn2)Cc2cn(-c3ncccc3C(F)(F)F)c3cccc1c23. The van der Waals surface area contributed by atoms with Gasteiger partial charge in [0.25, 0.3) is 5.91 Å². The first-order valence-electron chi connectivity index (χ1n) is 12.6. The number of anilines is 1. The molecule has 0 saturated heterocycles. The van der Waals surface area contributed by atoms with Gasteiger partial charge in [0.1, 0.15) is 29.1 Å². The van der Waals surface area contributed by atoms with Gasteiger partial charge in [-0.05, 0) is 48.0 Å². The lowest BCUT2D eigenvalue weighted by Gasteiger charge is -2.22. The first kappa shape index (κ1) is 26.1. The number of nitrogens with one attached hydrogen (secondary N) is 1. The molecule has 0 fully saturated rings. The highest BCUT2D eigenvalue weighted by molar-refractivity contribution is 6.09. The van der Waals surface area contributed by atoms with Gasteiger partial charge in [-0.3, -0.25) is 14.6 Å². The highest BCUT2D eigenvalue weighted by Gasteiger charge is 2.36. The van der Waals surface area contributed by atoms with Crippen LogP contribution in [0.25, 0.3) is 16.7 Å². The van der Waals surface area contributed by atoms with Gasteiger partial charge in [0.2, 0.25) is 5.91 Å². The minimum Gasteiger partial charge on any atom is -0.457 e. The van der Waals surface area contributed by atoms with Crippen molar-refractivity contribution < 1.29 is 27.5 Å². The lowest BCUT2D eigenvalue weighted by atomic mass is 10.1. The van der Waals surface area contributed by atoms with E-state index in [-0.39, 0.29) is 23.8 Å². The Morgan fingerprint density at radius 3 is 2.56 bits per heavy atom. The van der Waals surface area contributed by atoms with E-state index in [0.717, 1.165) is 6.07 Å². The number of aromatic nitrogens is 3. The summed E-state index contributed by atoms with van der Waals surface area (Å²) in [6, 6.07) is 18.4. The van der Waals surface area contributed by atoms with Gasteiger partial charge in [0.15, 0.2) is 0 Å². The molecule has 2 aromatic carbocycles. The van der Waals surface area contributed by atoms with Gasteiger partial charge in [-0.2, -0.15) is 13.2 Å². The van der Waals surface area contributed by atoms with Gasteiger partial charge < -0.3 is 19.5 Å². The zero-order valence-electron chi connectivity index (χ0n) is 21.6. The molecule has 0 bridgehead atoms. The molecular formula is C30H22F3N5O3. The van der Waals surface area contributed by atoms with Gasteiger partial charge in [0, 0.05) is 43.5 Å². The molecule has 8 nitrogen and oxygen atoms in total. The zero-order valence-corrected chi connectivity index (χ0v) is 21.6. The molecule has 206 valence electrons. The van der Waals surface area contributed by atoms with E-state index < -0.39 is 23.7 Å². The standard InChI is InChI=1S/C30H22F3N5O3/c1-37-24-10-5-11-25-26(24)18(17-38(25)27-21(30(31,32)33)9-6-13-35-27)15-23(29(37)40)36-28(39)22-16-20(12-14-34-22)41-19-7-3-2-4-8-19/h2-14,16-17,23H,15H2,1H3,(H,36,39). The highest BCUT2D eigenvalue weighted by Crippen LogP contribution is 2.39. The molecule has 5 aromatic rings. The molecule has 0 spiro atoms. The van der Waals surface area contributed by atoms with E-state index in [0.29, 0.717) is 33.7 Å². The van der Waals surface area contributed by atoms with Crippen LogP contribution in [0, 0.1) is 0 Å². The molecule has 0 radical (unpaired) electrons. The molecule has 0 aliphatic carbocycles. The average Bonchev–Trinajstić information content (AvgIpc) is 3.30. The number of carbonyl (C=O) groups excluding carboxylic acids is 2. The normalized spacial score (nSPS) is 15.1. The number of hydrogen-bond donors (Lipinski definition) is 1. The summed E-state index contributed by atoms with van der Waals surface area (Å²) < 4.78 is 48.7. The van der Waals surface area contributed by atoms with E-state index in [2.05, 4.69) is 15.3 Å². The number of carbonyl (C=O) groups is 2. The maximum Gasteiger partial charge on any atom is 0.419 e. The molecule has 1 aliphatic heterocycles. The predicted octanol–water partition coefficient (Wildman–Crippen LogP) is 5.55. The van der Waals surface area contributed by atoms with Crippen molar-refractivity contribution >= 4 is 28.4 Å². The second-order valence-electron chi connectivity index (χ2n) is 9.49. The minimum absolute atomic E-state index is 0.0432. The van der Waals surface area contributed by atoms with Crippen LogP contribution < -0.4 is 15.0 Å². The number of rotatable bonds is 5. The van der Waals surface area contributed by atoms with Gasteiger partial charge in [0.05, 0.1) is 16.8 Å². The summed E-state index contributed by atoms with van der Waals surface area (Å²) in [7, 11) is 1.57. The highest BCUT2D eigenvalue weighted by atomic mass is 19.4. The van der Waals surface area contributed by atoms with Crippen molar-refractivity contribution in [3.8, 4) is 17.3 Å². The number of benzene rings is 2. The number of nitrogens with zero attached hydrogens (tertiary/aromatic N) is 4. The van der Waals surface area contributed by atoms with Crippen LogP contribution in [-0.2, 0) is 17.4 Å². The summed E-state index contributed by atoms with van der Waals surface area (Å²) in [6.07, 6.45) is -0.302. The summed E-state index contributed by atoms with van der Waals surface area (Å²) in [6.45, 7) is 0. The lowest BCUT2D eigenvalue weighted by molar-refractivity contribution is -0.137. The van der Waals surface area contributed by atoms with Crippen molar-refractivity contribution in [3.05, 3.63) is 108 Å². The Kier molecular flexibility index (Phi) is 6.41. The average molecular weight is 558 g/mol. The third-order valence-corrected chi connectivity index (χ3v) is 6.87. The molecule has 1 aliphatic rings. The molecule has 1 atom stereocenters. The van der Waals surface area contributed by atoms with Gasteiger partial charge in [-0.25, -0.2) is 4.98 Å². The molecule has 1 unspecified atom stereocenters. The van der Waals surface area contributed by atoms with Crippen LogP contribution in [0.15, 0.2) is 91.4 Å². The van der Waals surface area contributed by atoms with Crippen LogP contribution in [0.2, 0.25) is 0 Å². The maximum absolute atomic E-state index is 13.8. The number of pyridine rings is 2. The Hall–Kier alpha value is -5.19. The van der Waals surface area contributed by atoms with Crippen LogP contribution in [0.1, 0.15) is 21.6 Å². The third-order valence-electron chi connectivity index (χ3n) is 6.87. The summed E-state index contributed by atoms with van der Waals surface area (Å²) in [5.41, 5.74) is 0.719. The fraction of sp³-hybridized carbons (Fsp3) is 0.133.